The van der Waals surface area contributed by atoms with Gasteiger partial charge in [-0.05, 0) is 66.1 Å². The van der Waals surface area contributed by atoms with Gasteiger partial charge >= 0.3 is 0 Å². The number of nitrogens with zero attached hydrogens (tertiary/aromatic N) is 3. The van der Waals surface area contributed by atoms with Gasteiger partial charge < -0.3 is 19.1 Å². The molecule has 0 saturated carbocycles. The zero-order valence-corrected chi connectivity index (χ0v) is 20.9. The van der Waals surface area contributed by atoms with Crippen molar-refractivity contribution < 1.29 is 4.43 Å². The minimum Gasteiger partial charge on any atom is -0.419 e. The second kappa shape index (κ2) is 13.3. The highest BCUT2D eigenvalue weighted by atomic mass is 28.2. The molecule has 0 saturated heterocycles. The van der Waals surface area contributed by atoms with Crippen LogP contribution in [0.5, 0.6) is 0 Å². The molecule has 0 amide bonds. The molecule has 0 aromatic rings. The van der Waals surface area contributed by atoms with E-state index in [1.165, 1.54) is 25.7 Å². The molecular formula is C21H49N3OSi. The molecule has 0 unspecified atom stereocenters. The summed E-state index contributed by atoms with van der Waals surface area (Å²) in [5, 5.41) is 0. The number of rotatable bonds is 15. The first kappa shape index (κ1) is 26.1. The molecule has 0 heterocycles. The molecule has 0 spiro atoms. The Morgan fingerprint density at radius 1 is 0.615 bits per heavy atom. The standard InChI is InChI=1S/C21H49N3OSi/c1-10-22(11-2)16-21(17-23(12-3)13-4,18-24(14-5)15-6)19-26-25-20(7,8)9/h10-19,26H2,1-9H3. The summed E-state index contributed by atoms with van der Waals surface area (Å²) in [5.74, 6) is 0. The lowest BCUT2D eigenvalue weighted by Gasteiger charge is -2.44. The molecule has 0 atom stereocenters. The van der Waals surface area contributed by atoms with Crippen molar-refractivity contribution in [2.24, 2.45) is 5.41 Å². The fourth-order valence-electron chi connectivity index (χ4n) is 3.73. The number of hydrogen-bond acceptors (Lipinski definition) is 4. The van der Waals surface area contributed by atoms with E-state index in [4.69, 9.17) is 4.43 Å². The van der Waals surface area contributed by atoms with E-state index < -0.39 is 9.76 Å². The van der Waals surface area contributed by atoms with Crippen LogP contribution < -0.4 is 0 Å². The van der Waals surface area contributed by atoms with Gasteiger partial charge in [0.05, 0.1) is 0 Å². The van der Waals surface area contributed by atoms with E-state index >= 15 is 0 Å². The van der Waals surface area contributed by atoms with Crippen LogP contribution in [0.2, 0.25) is 6.04 Å². The highest BCUT2D eigenvalue weighted by Gasteiger charge is 2.35. The Morgan fingerprint density at radius 2 is 0.923 bits per heavy atom. The maximum Gasteiger partial charge on any atom is 0.162 e. The summed E-state index contributed by atoms with van der Waals surface area (Å²) in [6.45, 7) is 30.7. The van der Waals surface area contributed by atoms with Crippen LogP contribution in [0.1, 0.15) is 62.3 Å². The third-order valence-corrected chi connectivity index (χ3v) is 7.86. The fourth-order valence-corrected chi connectivity index (χ4v) is 5.35. The maximum atomic E-state index is 6.31. The van der Waals surface area contributed by atoms with Crippen molar-refractivity contribution in [1.82, 2.24) is 14.7 Å². The maximum absolute atomic E-state index is 6.31. The first-order chi connectivity index (χ1) is 12.2. The summed E-state index contributed by atoms with van der Waals surface area (Å²) < 4.78 is 6.31. The third kappa shape index (κ3) is 10.4. The van der Waals surface area contributed by atoms with Gasteiger partial charge in [-0.25, -0.2) is 0 Å². The molecule has 0 rings (SSSR count). The minimum atomic E-state index is -0.552. The second-order valence-corrected chi connectivity index (χ2v) is 9.79. The van der Waals surface area contributed by atoms with Crippen LogP contribution in [0.3, 0.4) is 0 Å². The summed E-state index contributed by atoms with van der Waals surface area (Å²) in [6.07, 6.45) is 0. The molecule has 0 N–H and O–H groups in total. The molecule has 0 fully saturated rings. The smallest absolute Gasteiger partial charge is 0.162 e. The molecule has 5 heteroatoms. The molecular weight excluding hydrogens is 338 g/mol. The van der Waals surface area contributed by atoms with Crippen LogP contribution >= 0.6 is 0 Å². The zero-order chi connectivity index (χ0) is 20.2. The molecule has 0 aliphatic rings. The highest BCUT2D eigenvalue weighted by molar-refractivity contribution is 6.27. The van der Waals surface area contributed by atoms with E-state index in [-0.39, 0.29) is 5.60 Å². The molecule has 26 heavy (non-hydrogen) atoms. The topological polar surface area (TPSA) is 19.0 Å². The average Bonchev–Trinajstić information content (AvgIpc) is 2.61. The Bertz CT molecular complexity index is 299. The van der Waals surface area contributed by atoms with E-state index in [9.17, 15) is 0 Å². The summed E-state index contributed by atoms with van der Waals surface area (Å²) in [5.41, 5.74) is 0.305. The van der Waals surface area contributed by atoms with Gasteiger partial charge in [0.15, 0.2) is 9.76 Å². The second-order valence-electron chi connectivity index (χ2n) is 8.60. The van der Waals surface area contributed by atoms with Crippen LogP contribution in [-0.2, 0) is 4.43 Å². The SMILES string of the molecule is CCN(CC)CC(C[SiH2]OC(C)(C)C)(CN(CC)CC)CN(CC)CC. The minimum absolute atomic E-state index is 0.00242. The molecule has 0 aromatic carbocycles. The Balaban J connectivity index is 5.54. The van der Waals surface area contributed by atoms with Gasteiger partial charge in [0.1, 0.15) is 0 Å². The summed E-state index contributed by atoms with van der Waals surface area (Å²) >= 11 is 0. The summed E-state index contributed by atoms with van der Waals surface area (Å²) in [7, 11) is -0.552. The van der Waals surface area contributed by atoms with E-state index in [0.29, 0.717) is 5.41 Å². The normalized spacial score (nSPS) is 13.8. The molecule has 0 bridgehead atoms. The van der Waals surface area contributed by atoms with Crippen LogP contribution in [0.15, 0.2) is 0 Å². The van der Waals surface area contributed by atoms with Crippen molar-refractivity contribution in [3.63, 3.8) is 0 Å². The van der Waals surface area contributed by atoms with E-state index in [1.807, 2.05) is 0 Å². The van der Waals surface area contributed by atoms with Crippen molar-refractivity contribution in [2.45, 2.75) is 74.0 Å². The quantitative estimate of drug-likeness (QED) is 0.401. The monoisotopic (exact) mass is 387 g/mol. The van der Waals surface area contributed by atoms with Crippen molar-refractivity contribution in [3.05, 3.63) is 0 Å². The van der Waals surface area contributed by atoms with Gasteiger partial charge in [-0.3, -0.25) is 0 Å². The first-order valence-corrected chi connectivity index (χ1v) is 12.6. The summed E-state index contributed by atoms with van der Waals surface area (Å²) in [4.78, 5) is 7.87. The molecule has 0 aliphatic heterocycles. The van der Waals surface area contributed by atoms with Crippen molar-refractivity contribution in [1.29, 1.82) is 0 Å². The largest absolute Gasteiger partial charge is 0.419 e. The van der Waals surface area contributed by atoms with Crippen LogP contribution in [0.25, 0.3) is 0 Å². The molecule has 158 valence electrons. The fraction of sp³-hybridized carbons (Fsp3) is 1.00. The van der Waals surface area contributed by atoms with Crippen molar-refractivity contribution >= 4 is 9.76 Å². The predicted octanol–water partition coefficient (Wildman–Crippen LogP) is 3.32. The van der Waals surface area contributed by atoms with Gasteiger partial charge in [0.2, 0.25) is 0 Å². The highest BCUT2D eigenvalue weighted by Crippen LogP contribution is 2.28. The first-order valence-electron chi connectivity index (χ1n) is 11.0. The van der Waals surface area contributed by atoms with Gasteiger partial charge in [-0.15, -0.1) is 0 Å². The summed E-state index contributed by atoms with van der Waals surface area (Å²) in [6, 6.07) is 1.26. The van der Waals surface area contributed by atoms with Gasteiger partial charge in [-0.1, -0.05) is 41.5 Å². The van der Waals surface area contributed by atoms with Crippen molar-refractivity contribution in [3.8, 4) is 0 Å². The lowest BCUT2D eigenvalue weighted by Crippen LogP contribution is -2.52. The lowest BCUT2D eigenvalue weighted by molar-refractivity contribution is 0.0690. The van der Waals surface area contributed by atoms with Gasteiger partial charge in [0.25, 0.3) is 0 Å². The van der Waals surface area contributed by atoms with E-state index in [2.05, 4.69) is 77.0 Å². The third-order valence-electron chi connectivity index (χ3n) is 5.53. The predicted molar refractivity (Wildman–Crippen MR) is 120 cm³/mol. The Morgan fingerprint density at radius 3 is 1.15 bits per heavy atom. The van der Waals surface area contributed by atoms with E-state index in [1.54, 1.807) is 0 Å². The molecule has 4 nitrogen and oxygen atoms in total. The molecule has 0 aliphatic carbocycles. The zero-order valence-electron chi connectivity index (χ0n) is 19.5. The Labute approximate surface area is 167 Å². The Kier molecular flexibility index (Phi) is 13.3. The number of hydrogen-bond donors (Lipinski definition) is 0. The van der Waals surface area contributed by atoms with Crippen LogP contribution in [-0.4, -0.2) is 89.0 Å². The van der Waals surface area contributed by atoms with Crippen LogP contribution in [0, 0.1) is 5.41 Å². The van der Waals surface area contributed by atoms with Gasteiger partial charge in [0, 0.05) is 30.7 Å². The van der Waals surface area contributed by atoms with Gasteiger partial charge in [-0.2, -0.15) is 0 Å². The average molecular weight is 388 g/mol. The Hall–Kier alpha value is 0.0569. The van der Waals surface area contributed by atoms with Crippen molar-refractivity contribution in [2.75, 3.05) is 58.9 Å². The lowest BCUT2D eigenvalue weighted by atomic mass is 9.87. The van der Waals surface area contributed by atoms with E-state index in [0.717, 1.165) is 39.3 Å². The molecule has 0 aromatic heterocycles. The van der Waals surface area contributed by atoms with Crippen LogP contribution in [0.4, 0.5) is 0 Å². The molecule has 0 radical (unpaired) electrons.